The largest absolute Gasteiger partial charge is 0.494 e. The van der Waals surface area contributed by atoms with E-state index in [1.54, 1.807) is 54.6 Å². The smallest absolute Gasteiger partial charge is 0.264 e. The lowest BCUT2D eigenvalue weighted by molar-refractivity contribution is 0.0950. The first-order chi connectivity index (χ1) is 14.4. The van der Waals surface area contributed by atoms with Gasteiger partial charge in [0.1, 0.15) is 5.75 Å². The molecule has 3 aromatic carbocycles. The van der Waals surface area contributed by atoms with Crippen molar-refractivity contribution in [2.45, 2.75) is 18.4 Å². The van der Waals surface area contributed by atoms with E-state index in [1.807, 2.05) is 31.2 Å². The van der Waals surface area contributed by atoms with Crippen molar-refractivity contribution in [3.8, 4) is 5.75 Å². The van der Waals surface area contributed by atoms with Gasteiger partial charge in [0.2, 0.25) is 0 Å². The Hall–Kier alpha value is -3.32. The number of carbonyl (C=O) groups is 1. The Bertz CT molecular complexity index is 1100. The van der Waals surface area contributed by atoms with Gasteiger partial charge in [-0.2, -0.15) is 0 Å². The lowest BCUT2D eigenvalue weighted by Gasteiger charge is -2.19. The van der Waals surface area contributed by atoms with Crippen molar-refractivity contribution in [2.24, 2.45) is 0 Å². The number of ether oxygens (including phenoxy) is 1. The number of hydrogen-bond acceptors (Lipinski definition) is 4. The van der Waals surface area contributed by atoms with Crippen molar-refractivity contribution in [1.29, 1.82) is 0 Å². The number of anilines is 1. The second-order valence-electron chi connectivity index (χ2n) is 6.56. The molecule has 0 atom stereocenters. The Balaban J connectivity index is 1.69. The summed E-state index contributed by atoms with van der Waals surface area (Å²) in [5.74, 6) is 0.491. The number of amides is 1. The summed E-state index contributed by atoms with van der Waals surface area (Å²) >= 11 is 0. The maximum absolute atomic E-state index is 12.7. The van der Waals surface area contributed by atoms with Gasteiger partial charge in [-0.25, -0.2) is 8.42 Å². The molecule has 0 fully saturated rings. The van der Waals surface area contributed by atoms with E-state index in [2.05, 4.69) is 5.32 Å². The number of para-hydroxylation sites is 1. The monoisotopic (exact) mass is 424 g/mol. The molecule has 1 N–H and O–H groups in total. The number of nitrogens with zero attached hydrogens (tertiary/aromatic N) is 1. The predicted molar refractivity (Wildman–Crippen MR) is 117 cm³/mol. The van der Waals surface area contributed by atoms with Crippen molar-refractivity contribution in [1.82, 2.24) is 5.32 Å². The van der Waals surface area contributed by atoms with Gasteiger partial charge >= 0.3 is 0 Å². The van der Waals surface area contributed by atoms with Crippen LogP contribution in [0.2, 0.25) is 0 Å². The summed E-state index contributed by atoms with van der Waals surface area (Å²) in [6.45, 7) is 2.79. The van der Waals surface area contributed by atoms with Crippen LogP contribution in [0.15, 0.2) is 83.8 Å². The third-order valence-electron chi connectivity index (χ3n) is 4.61. The predicted octanol–water partition coefficient (Wildman–Crippen LogP) is 3.84. The Morgan fingerprint density at radius 2 is 1.57 bits per heavy atom. The highest BCUT2D eigenvalue weighted by atomic mass is 32.2. The van der Waals surface area contributed by atoms with Gasteiger partial charge in [0.15, 0.2) is 0 Å². The first-order valence-corrected chi connectivity index (χ1v) is 11.0. The lowest BCUT2D eigenvalue weighted by Crippen LogP contribution is -2.27. The first kappa shape index (κ1) is 21.4. The van der Waals surface area contributed by atoms with Crippen LogP contribution in [0, 0.1) is 0 Å². The minimum atomic E-state index is -3.66. The van der Waals surface area contributed by atoms with Gasteiger partial charge in [-0.15, -0.1) is 0 Å². The standard InChI is InChI=1S/C23H24N2O4S/c1-3-29-22-12-8-7-9-19(22)17-24-23(26)18-13-15-20(16-14-18)25(2)30(27,28)21-10-5-4-6-11-21/h4-16H,3,17H2,1-2H3,(H,24,26). The SMILES string of the molecule is CCOc1ccccc1CNC(=O)c1ccc(N(C)S(=O)(=O)c2ccccc2)cc1. The molecule has 0 heterocycles. The summed E-state index contributed by atoms with van der Waals surface area (Å²) in [4.78, 5) is 12.7. The molecule has 0 aromatic heterocycles. The van der Waals surface area contributed by atoms with E-state index in [-0.39, 0.29) is 10.8 Å². The Morgan fingerprint density at radius 3 is 2.23 bits per heavy atom. The topological polar surface area (TPSA) is 75.7 Å². The van der Waals surface area contributed by atoms with Gasteiger partial charge in [0, 0.05) is 24.7 Å². The van der Waals surface area contributed by atoms with Crippen LogP contribution < -0.4 is 14.4 Å². The summed E-state index contributed by atoms with van der Waals surface area (Å²) in [6, 6.07) is 22.2. The average Bonchev–Trinajstić information content (AvgIpc) is 2.78. The molecule has 3 aromatic rings. The summed E-state index contributed by atoms with van der Waals surface area (Å²) < 4.78 is 32.2. The molecule has 0 unspecified atom stereocenters. The van der Waals surface area contributed by atoms with E-state index < -0.39 is 10.0 Å². The van der Waals surface area contributed by atoms with Crippen LogP contribution in [0.3, 0.4) is 0 Å². The number of nitrogens with one attached hydrogen (secondary N) is 1. The highest BCUT2D eigenvalue weighted by Gasteiger charge is 2.21. The van der Waals surface area contributed by atoms with Crippen LogP contribution in [-0.2, 0) is 16.6 Å². The van der Waals surface area contributed by atoms with E-state index in [9.17, 15) is 13.2 Å². The first-order valence-electron chi connectivity index (χ1n) is 9.56. The fourth-order valence-corrected chi connectivity index (χ4v) is 4.15. The quantitative estimate of drug-likeness (QED) is 0.596. The molecular formula is C23H24N2O4S. The zero-order valence-electron chi connectivity index (χ0n) is 16.9. The van der Waals surface area contributed by atoms with Gasteiger partial charge in [0.05, 0.1) is 17.2 Å². The minimum Gasteiger partial charge on any atom is -0.494 e. The maximum Gasteiger partial charge on any atom is 0.264 e. The highest BCUT2D eigenvalue weighted by molar-refractivity contribution is 7.92. The van der Waals surface area contributed by atoms with E-state index in [1.165, 1.54) is 11.4 Å². The molecule has 1 amide bonds. The van der Waals surface area contributed by atoms with Gasteiger partial charge in [0.25, 0.3) is 15.9 Å². The molecule has 0 saturated carbocycles. The highest BCUT2D eigenvalue weighted by Crippen LogP contribution is 2.22. The van der Waals surface area contributed by atoms with Crippen LogP contribution in [-0.4, -0.2) is 28.0 Å². The number of hydrogen-bond donors (Lipinski definition) is 1. The van der Waals surface area contributed by atoms with Crippen LogP contribution >= 0.6 is 0 Å². The maximum atomic E-state index is 12.7. The van der Waals surface area contributed by atoms with E-state index in [4.69, 9.17) is 4.74 Å². The van der Waals surface area contributed by atoms with Crippen molar-refractivity contribution in [3.63, 3.8) is 0 Å². The molecule has 0 bridgehead atoms. The van der Waals surface area contributed by atoms with Crippen molar-refractivity contribution in [2.75, 3.05) is 18.0 Å². The van der Waals surface area contributed by atoms with Gasteiger partial charge in [-0.3, -0.25) is 9.10 Å². The molecule has 0 saturated heterocycles. The van der Waals surface area contributed by atoms with Crippen molar-refractivity contribution >= 4 is 21.6 Å². The van der Waals surface area contributed by atoms with Crippen molar-refractivity contribution in [3.05, 3.63) is 90.0 Å². The minimum absolute atomic E-state index is 0.210. The molecule has 0 aliphatic carbocycles. The molecule has 156 valence electrons. The second kappa shape index (κ2) is 9.45. The summed E-state index contributed by atoms with van der Waals surface area (Å²) in [7, 11) is -2.17. The van der Waals surface area contributed by atoms with Crippen LogP contribution in [0.4, 0.5) is 5.69 Å². The molecule has 0 radical (unpaired) electrons. The third kappa shape index (κ3) is 4.80. The fourth-order valence-electron chi connectivity index (χ4n) is 2.94. The zero-order chi connectivity index (χ0) is 21.6. The molecule has 3 rings (SSSR count). The molecule has 0 spiro atoms. The number of benzene rings is 3. The normalized spacial score (nSPS) is 11.0. The Kier molecular flexibility index (Phi) is 6.74. The number of sulfonamides is 1. The lowest BCUT2D eigenvalue weighted by atomic mass is 10.1. The van der Waals surface area contributed by atoms with Crippen LogP contribution in [0.25, 0.3) is 0 Å². The summed E-state index contributed by atoms with van der Waals surface area (Å²) in [5, 5.41) is 2.87. The average molecular weight is 425 g/mol. The van der Waals surface area contributed by atoms with E-state index >= 15 is 0 Å². The third-order valence-corrected chi connectivity index (χ3v) is 6.41. The van der Waals surface area contributed by atoms with Gasteiger partial charge < -0.3 is 10.1 Å². The van der Waals surface area contributed by atoms with Crippen LogP contribution in [0.5, 0.6) is 5.75 Å². The summed E-state index contributed by atoms with van der Waals surface area (Å²) in [5.41, 5.74) is 1.80. The molecule has 7 heteroatoms. The van der Waals surface area contributed by atoms with Gasteiger partial charge in [-0.1, -0.05) is 36.4 Å². The van der Waals surface area contributed by atoms with Gasteiger partial charge in [-0.05, 0) is 49.4 Å². The van der Waals surface area contributed by atoms with Crippen LogP contribution in [0.1, 0.15) is 22.8 Å². The zero-order valence-corrected chi connectivity index (χ0v) is 17.7. The second-order valence-corrected chi connectivity index (χ2v) is 8.53. The molecule has 0 aliphatic heterocycles. The number of carbonyl (C=O) groups excluding carboxylic acids is 1. The molecule has 0 aliphatic rings. The molecular weight excluding hydrogens is 400 g/mol. The number of rotatable bonds is 8. The van der Waals surface area contributed by atoms with E-state index in [0.29, 0.717) is 24.4 Å². The van der Waals surface area contributed by atoms with Crippen molar-refractivity contribution < 1.29 is 17.9 Å². The molecule has 6 nitrogen and oxygen atoms in total. The fraction of sp³-hybridized carbons (Fsp3) is 0.174. The Labute approximate surface area is 177 Å². The van der Waals surface area contributed by atoms with E-state index in [0.717, 1.165) is 11.3 Å². The summed E-state index contributed by atoms with van der Waals surface area (Å²) in [6.07, 6.45) is 0. The Morgan fingerprint density at radius 1 is 0.933 bits per heavy atom. The molecule has 30 heavy (non-hydrogen) atoms.